The van der Waals surface area contributed by atoms with Gasteiger partial charge < -0.3 is 15.2 Å². The lowest BCUT2D eigenvalue weighted by Gasteiger charge is -2.19. The molecule has 1 rings (SSSR count). The van der Waals surface area contributed by atoms with E-state index in [9.17, 15) is 5.11 Å². The normalized spacial score (nSPS) is 13.6. The van der Waals surface area contributed by atoms with Gasteiger partial charge in [0, 0.05) is 12.6 Å². The number of benzene rings is 1. The molecule has 0 aliphatic rings. The van der Waals surface area contributed by atoms with Crippen LogP contribution in [0.25, 0.3) is 0 Å². The van der Waals surface area contributed by atoms with Gasteiger partial charge in [-0.15, -0.1) is 0 Å². The minimum absolute atomic E-state index is 0.152. The Labute approximate surface area is 117 Å². The zero-order valence-corrected chi connectivity index (χ0v) is 12.7. The van der Waals surface area contributed by atoms with Gasteiger partial charge >= 0.3 is 0 Å². The number of nitrogens with one attached hydrogen (secondary N) is 1. The Morgan fingerprint density at radius 1 is 1.16 bits per heavy atom. The minimum Gasteiger partial charge on any atom is -0.491 e. The standard InChI is InChI=1S/C16H27NO2/c1-12(2)17-10-14(18)11-19-15-8-6-13(7-9-15)16(3,4)5/h6-9,12,14,17-18H,10-11H2,1-5H3/t14-/m1/s1. The maximum atomic E-state index is 9.76. The van der Waals surface area contributed by atoms with E-state index in [4.69, 9.17) is 4.74 Å². The summed E-state index contributed by atoms with van der Waals surface area (Å²) in [5, 5.41) is 12.9. The van der Waals surface area contributed by atoms with Crippen LogP contribution in [0.1, 0.15) is 40.2 Å². The van der Waals surface area contributed by atoms with Crippen molar-refractivity contribution in [2.45, 2.75) is 52.2 Å². The van der Waals surface area contributed by atoms with Gasteiger partial charge in [-0.1, -0.05) is 46.8 Å². The molecular formula is C16H27NO2. The van der Waals surface area contributed by atoms with Crippen LogP contribution >= 0.6 is 0 Å². The van der Waals surface area contributed by atoms with E-state index in [-0.39, 0.29) is 5.41 Å². The average molecular weight is 265 g/mol. The van der Waals surface area contributed by atoms with Gasteiger partial charge in [0.2, 0.25) is 0 Å². The van der Waals surface area contributed by atoms with Gasteiger partial charge in [-0.2, -0.15) is 0 Å². The first-order valence-corrected chi connectivity index (χ1v) is 6.94. The molecule has 19 heavy (non-hydrogen) atoms. The van der Waals surface area contributed by atoms with Crippen LogP contribution in [0.5, 0.6) is 5.75 Å². The number of hydrogen-bond donors (Lipinski definition) is 2. The first-order chi connectivity index (χ1) is 8.79. The lowest BCUT2D eigenvalue weighted by molar-refractivity contribution is 0.104. The van der Waals surface area contributed by atoms with Crippen molar-refractivity contribution >= 4 is 0 Å². The summed E-state index contributed by atoms with van der Waals surface area (Å²) in [6.07, 6.45) is -0.482. The summed E-state index contributed by atoms with van der Waals surface area (Å²) in [5.41, 5.74) is 1.43. The topological polar surface area (TPSA) is 41.5 Å². The van der Waals surface area contributed by atoms with E-state index in [1.165, 1.54) is 5.56 Å². The molecule has 0 spiro atoms. The predicted octanol–water partition coefficient (Wildman–Crippen LogP) is 2.72. The Kier molecular flexibility index (Phi) is 5.83. The third-order valence-corrected chi connectivity index (χ3v) is 2.92. The molecule has 0 aromatic heterocycles. The van der Waals surface area contributed by atoms with Gasteiger partial charge in [0.15, 0.2) is 0 Å². The Morgan fingerprint density at radius 2 is 1.74 bits per heavy atom. The second-order valence-electron chi connectivity index (χ2n) is 6.30. The molecule has 1 aromatic rings. The van der Waals surface area contributed by atoms with Gasteiger partial charge in [0.05, 0.1) is 0 Å². The molecule has 0 bridgehead atoms. The van der Waals surface area contributed by atoms with Crippen molar-refractivity contribution in [3.63, 3.8) is 0 Å². The van der Waals surface area contributed by atoms with E-state index < -0.39 is 6.10 Å². The van der Waals surface area contributed by atoms with Crippen LogP contribution in [-0.2, 0) is 5.41 Å². The lowest BCUT2D eigenvalue weighted by atomic mass is 9.87. The number of aliphatic hydroxyl groups excluding tert-OH is 1. The summed E-state index contributed by atoms with van der Waals surface area (Å²) in [6.45, 7) is 11.5. The molecule has 1 atom stereocenters. The van der Waals surface area contributed by atoms with Crippen molar-refractivity contribution in [2.75, 3.05) is 13.2 Å². The second-order valence-corrected chi connectivity index (χ2v) is 6.30. The third-order valence-electron chi connectivity index (χ3n) is 2.92. The molecule has 0 saturated heterocycles. The summed E-state index contributed by atoms with van der Waals surface area (Å²) in [4.78, 5) is 0. The van der Waals surface area contributed by atoms with Crippen molar-refractivity contribution in [3.8, 4) is 5.75 Å². The third kappa shape index (κ3) is 6.08. The Balaban J connectivity index is 2.42. The molecule has 3 nitrogen and oxygen atoms in total. The molecule has 0 saturated carbocycles. The van der Waals surface area contributed by atoms with E-state index in [0.717, 1.165) is 5.75 Å². The summed E-state index contributed by atoms with van der Waals surface area (Å²) >= 11 is 0. The Hall–Kier alpha value is -1.06. The van der Waals surface area contributed by atoms with Crippen LogP contribution in [0.3, 0.4) is 0 Å². The van der Waals surface area contributed by atoms with E-state index in [2.05, 4.69) is 52.1 Å². The first-order valence-electron chi connectivity index (χ1n) is 6.94. The summed E-state index contributed by atoms with van der Waals surface area (Å²) in [5.74, 6) is 0.802. The Bertz CT molecular complexity index is 365. The van der Waals surface area contributed by atoms with Gasteiger partial charge in [-0.25, -0.2) is 0 Å². The van der Waals surface area contributed by atoms with Crippen molar-refractivity contribution < 1.29 is 9.84 Å². The number of hydrogen-bond acceptors (Lipinski definition) is 3. The largest absolute Gasteiger partial charge is 0.491 e. The monoisotopic (exact) mass is 265 g/mol. The molecular weight excluding hydrogens is 238 g/mol. The molecule has 108 valence electrons. The molecule has 3 heteroatoms. The molecule has 0 amide bonds. The summed E-state index contributed by atoms with van der Waals surface area (Å²) in [7, 11) is 0. The Morgan fingerprint density at radius 3 is 2.21 bits per heavy atom. The highest BCUT2D eigenvalue weighted by atomic mass is 16.5. The average Bonchev–Trinajstić information content (AvgIpc) is 2.33. The first kappa shape index (κ1) is 16.0. The van der Waals surface area contributed by atoms with Crippen molar-refractivity contribution in [1.29, 1.82) is 0 Å². The quantitative estimate of drug-likeness (QED) is 0.831. The molecule has 0 fully saturated rings. The van der Waals surface area contributed by atoms with Crippen molar-refractivity contribution in [3.05, 3.63) is 29.8 Å². The fraction of sp³-hybridized carbons (Fsp3) is 0.625. The fourth-order valence-electron chi connectivity index (χ4n) is 1.67. The van der Waals surface area contributed by atoms with Gasteiger partial charge in [0.1, 0.15) is 18.5 Å². The molecule has 2 N–H and O–H groups in total. The number of rotatable bonds is 6. The van der Waals surface area contributed by atoms with Crippen LogP contribution in [0.15, 0.2) is 24.3 Å². The van der Waals surface area contributed by atoms with E-state index >= 15 is 0 Å². The van der Waals surface area contributed by atoms with Crippen LogP contribution in [0, 0.1) is 0 Å². The highest BCUT2D eigenvalue weighted by Gasteiger charge is 2.13. The number of aliphatic hydroxyl groups is 1. The summed E-state index contributed by atoms with van der Waals surface area (Å²) in [6, 6.07) is 8.45. The molecule has 0 aliphatic heterocycles. The van der Waals surface area contributed by atoms with Gasteiger partial charge in [0.25, 0.3) is 0 Å². The SMILES string of the molecule is CC(C)NC[C@@H](O)COc1ccc(C(C)(C)C)cc1. The van der Waals surface area contributed by atoms with E-state index in [1.54, 1.807) is 0 Å². The van der Waals surface area contributed by atoms with Crippen LogP contribution in [-0.4, -0.2) is 30.4 Å². The van der Waals surface area contributed by atoms with Gasteiger partial charge in [-0.05, 0) is 23.1 Å². The van der Waals surface area contributed by atoms with Crippen LogP contribution < -0.4 is 10.1 Å². The molecule has 0 aliphatic carbocycles. The van der Waals surface area contributed by atoms with Crippen LogP contribution in [0.2, 0.25) is 0 Å². The van der Waals surface area contributed by atoms with Crippen molar-refractivity contribution in [1.82, 2.24) is 5.32 Å². The maximum Gasteiger partial charge on any atom is 0.119 e. The van der Waals surface area contributed by atoms with E-state index in [1.807, 2.05) is 12.1 Å². The van der Waals surface area contributed by atoms with E-state index in [0.29, 0.717) is 19.2 Å². The fourth-order valence-corrected chi connectivity index (χ4v) is 1.67. The van der Waals surface area contributed by atoms with Crippen LogP contribution in [0.4, 0.5) is 0 Å². The summed E-state index contributed by atoms with van der Waals surface area (Å²) < 4.78 is 5.58. The highest BCUT2D eigenvalue weighted by molar-refractivity contribution is 5.31. The highest BCUT2D eigenvalue weighted by Crippen LogP contribution is 2.24. The number of ether oxygens (including phenoxy) is 1. The molecule has 0 radical (unpaired) electrons. The lowest BCUT2D eigenvalue weighted by Crippen LogP contribution is -2.35. The maximum absolute atomic E-state index is 9.76. The zero-order chi connectivity index (χ0) is 14.5. The van der Waals surface area contributed by atoms with Gasteiger partial charge in [-0.3, -0.25) is 0 Å². The predicted molar refractivity (Wildman–Crippen MR) is 79.8 cm³/mol. The molecule has 0 unspecified atom stereocenters. The molecule has 1 aromatic carbocycles. The minimum atomic E-state index is -0.482. The molecule has 0 heterocycles. The second kappa shape index (κ2) is 6.92. The van der Waals surface area contributed by atoms with Crippen molar-refractivity contribution in [2.24, 2.45) is 0 Å². The smallest absolute Gasteiger partial charge is 0.119 e. The zero-order valence-electron chi connectivity index (χ0n) is 12.7.